The Morgan fingerprint density at radius 3 is 2.68 bits per heavy atom. The predicted molar refractivity (Wildman–Crippen MR) is 94.1 cm³/mol. The molecule has 6 nitrogen and oxygen atoms in total. The molecule has 0 bridgehead atoms. The van der Waals surface area contributed by atoms with Gasteiger partial charge in [0.15, 0.2) is 0 Å². The van der Waals surface area contributed by atoms with Crippen LogP contribution in [0.25, 0.3) is 0 Å². The van der Waals surface area contributed by atoms with Gasteiger partial charge in [0.1, 0.15) is 0 Å². The number of piperidine rings is 1. The average molecular weight is 346 g/mol. The van der Waals surface area contributed by atoms with Gasteiger partial charge in [0.25, 0.3) is 0 Å². The summed E-state index contributed by atoms with van der Waals surface area (Å²) in [6, 6.07) is 7.88. The maximum Gasteiger partial charge on any atom is 0.308 e. The van der Waals surface area contributed by atoms with Crippen molar-refractivity contribution in [3.8, 4) is 0 Å². The van der Waals surface area contributed by atoms with Crippen LogP contribution in [0.15, 0.2) is 24.3 Å². The molecular formula is C19H26N2O4. The fourth-order valence-corrected chi connectivity index (χ4v) is 3.07. The smallest absolute Gasteiger partial charge is 0.308 e. The molecule has 2 rings (SSSR count). The van der Waals surface area contributed by atoms with Gasteiger partial charge in [-0.2, -0.15) is 0 Å². The van der Waals surface area contributed by atoms with E-state index >= 15 is 0 Å². The Kier molecular flexibility index (Phi) is 6.56. The molecule has 1 aliphatic heterocycles. The summed E-state index contributed by atoms with van der Waals surface area (Å²) in [6.45, 7) is 2.84. The molecule has 1 unspecified atom stereocenters. The minimum absolute atomic E-state index is 0.0152. The first-order valence-corrected chi connectivity index (χ1v) is 8.73. The summed E-state index contributed by atoms with van der Waals surface area (Å²) in [5, 5.41) is 9.11. The zero-order chi connectivity index (χ0) is 18.4. The van der Waals surface area contributed by atoms with Gasteiger partial charge in [0, 0.05) is 20.1 Å². The molecule has 1 atom stereocenters. The first-order chi connectivity index (χ1) is 11.9. The zero-order valence-corrected chi connectivity index (χ0v) is 14.9. The summed E-state index contributed by atoms with van der Waals surface area (Å²) >= 11 is 0. The number of carboxylic acid groups (broad SMARTS) is 1. The van der Waals surface area contributed by atoms with Crippen molar-refractivity contribution >= 4 is 17.8 Å². The molecule has 0 radical (unpaired) electrons. The fourth-order valence-electron chi connectivity index (χ4n) is 3.07. The van der Waals surface area contributed by atoms with Crippen LogP contribution in [-0.4, -0.2) is 59.4 Å². The lowest BCUT2D eigenvalue weighted by molar-refractivity contribution is -0.147. The molecule has 0 spiro atoms. The number of carboxylic acids is 1. The molecule has 1 saturated heterocycles. The monoisotopic (exact) mass is 346 g/mol. The summed E-state index contributed by atoms with van der Waals surface area (Å²) in [4.78, 5) is 38.8. The second-order valence-corrected chi connectivity index (χ2v) is 6.62. The predicted octanol–water partition coefficient (Wildman–Crippen LogP) is 1.57. The van der Waals surface area contributed by atoms with E-state index in [1.54, 1.807) is 11.9 Å². The van der Waals surface area contributed by atoms with Crippen molar-refractivity contribution in [3.05, 3.63) is 35.4 Å². The minimum atomic E-state index is -0.863. The SMILES string of the molecule is CCc1cccc(CC(=O)N(C)CC(=O)N2CCCC(C(=O)O)C2)c1. The van der Waals surface area contributed by atoms with Crippen molar-refractivity contribution in [2.45, 2.75) is 32.6 Å². The number of likely N-dealkylation sites (tertiary alicyclic amines) is 1. The van der Waals surface area contributed by atoms with Crippen LogP contribution < -0.4 is 0 Å². The molecule has 1 heterocycles. The van der Waals surface area contributed by atoms with Crippen LogP contribution in [0.2, 0.25) is 0 Å². The van der Waals surface area contributed by atoms with E-state index in [0.717, 1.165) is 12.0 Å². The molecule has 2 amide bonds. The Hall–Kier alpha value is -2.37. The lowest BCUT2D eigenvalue weighted by Gasteiger charge is -2.32. The number of aliphatic carboxylic acids is 1. The quantitative estimate of drug-likeness (QED) is 0.848. The van der Waals surface area contributed by atoms with Gasteiger partial charge in [0.2, 0.25) is 11.8 Å². The maximum absolute atomic E-state index is 12.4. The van der Waals surface area contributed by atoms with E-state index in [2.05, 4.69) is 6.92 Å². The molecule has 1 N–H and O–H groups in total. The molecule has 1 fully saturated rings. The number of nitrogens with zero attached hydrogens (tertiary/aromatic N) is 2. The van der Waals surface area contributed by atoms with Crippen molar-refractivity contribution < 1.29 is 19.5 Å². The van der Waals surface area contributed by atoms with E-state index in [9.17, 15) is 14.4 Å². The fraction of sp³-hybridized carbons (Fsp3) is 0.526. The van der Waals surface area contributed by atoms with Crippen LogP contribution >= 0.6 is 0 Å². The number of amides is 2. The number of likely N-dealkylation sites (N-methyl/N-ethyl adjacent to an activating group) is 1. The molecular weight excluding hydrogens is 320 g/mol. The third-order valence-corrected chi connectivity index (χ3v) is 4.68. The van der Waals surface area contributed by atoms with E-state index in [-0.39, 0.29) is 31.3 Å². The number of aryl methyl sites for hydroxylation is 1. The van der Waals surface area contributed by atoms with E-state index < -0.39 is 11.9 Å². The number of hydrogen-bond donors (Lipinski definition) is 1. The Morgan fingerprint density at radius 2 is 2.00 bits per heavy atom. The maximum atomic E-state index is 12.4. The Bertz CT molecular complexity index is 644. The Balaban J connectivity index is 1.89. The largest absolute Gasteiger partial charge is 0.481 e. The van der Waals surface area contributed by atoms with Crippen LogP contribution in [-0.2, 0) is 27.2 Å². The van der Waals surface area contributed by atoms with Gasteiger partial charge in [-0.25, -0.2) is 0 Å². The highest BCUT2D eigenvalue weighted by Crippen LogP contribution is 2.17. The summed E-state index contributed by atoms with van der Waals surface area (Å²) < 4.78 is 0. The van der Waals surface area contributed by atoms with E-state index in [1.165, 1.54) is 10.5 Å². The third kappa shape index (κ3) is 5.31. The summed E-state index contributed by atoms with van der Waals surface area (Å²) in [5.74, 6) is -1.68. The second kappa shape index (κ2) is 8.65. The topological polar surface area (TPSA) is 77.9 Å². The van der Waals surface area contributed by atoms with Crippen molar-refractivity contribution in [2.75, 3.05) is 26.7 Å². The van der Waals surface area contributed by atoms with Gasteiger partial charge in [-0.15, -0.1) is 0 Å². The van der Waals surface area contributed by atoms with Gasteiger partial charge < -0.3 is 14.9 Å². The van der Waals surface area contributed by atoms with Crippen LogP contribution in [0.5, 0.6) is 0 Å². The van der Waals surface area contributed by atoms with Gasteiger partial charge in [-0.05, 0) is 30.4 Å². The lowest BCUT2D eigenvalue weighted by atomic mass is 9.98. The Morgan fingerprint density at radius 1 is 1.28 bits per heavy atom. The minimum Gasteiger partial charge on any atom is -0.481 e. The summed E-state index contributed by atoms with van der Waals surface area (Å²) in [5.41, 5.74) is 2.12. The van der Waals surface area contributed by atoms with Crippen LogP contribution in [0, 0.1) is 5.92 Å². The van der Waals surface area contributed by atoms with Crippen molar-refractivity contribution in [3.63, 3.8) is 0 Å². The van der Waals surface area contributed by atoms with Crippen molar-refractivity contribution in [2.24, 2.45) is 5.92 Å². The highest BCUT2D eigenvalue weighted by atomic mass is 16.4. The van der Waals surface area contributed by atoms with Gasteiger partial charge >= 0.3 is 5.97 Å². The average Bonchev–Trinajstić information content (AvgIpc) is 2.61. The molecule has 0 aromatic heterocycles. The number of rotatable bonds is 6. The van der Waals surface area contributed by atoms with Crippen LogP contribution in [0.3, 0.4) is 0 Å². The lowest BCUT2D eigenvalue weighted by Crippen LogP contribution is -2.47. The molecule has 1 aromatic carbocycles. The van der Waals surface area contributed by atoms with E-state index in [0.29, 0.717) is 19.4 Å². The van der Waals surface area contributed by atoms with E-state index in [4.69, 9.17) is 5.11 Å². The van der Waals surface area contributed by atoms with Crippen molar-refractivity contribution in [1.29, 1.82) is 0 Å². The first kappa shape index (κ1) is 19.0. The molecule has 0 saturated carbocycles. The van der Waals surface area contributed by atoms with E-state index in [1.807, 2.05) is 24.3 Å². The molecule has 0 aliphatic carbocycles. The number of carbonyl (C=O) groups excluding carboxylic acids is 2. The van der Waals surface area contributed by atoms with Crippen LogP contribution in [0.4, 0.5) is 0 Å². The number of hydrogen-bond acceptors (Lipinski definition) is 3. The zero-order valence-electron chi connectivity index (χ0n) is 14.9. The second-order valence-electron chi connectivity index (χ2n) is 6.62. The highest BCUT2D eigenvalue weighted by molar-refractivity contribution is 5.86. The van der Waals surface area contributed by atoms with Gasteiger partial charge in [-0.3, -0.25) is 14.4 Å². The molecule has 1 aromatic rings. The first-order valence-electron chi connectivity index (χ1n) is 8.73. The van der Waals surface area contributed by atoms with Gasteiger partial charge in [0.05, 0.1) is 18.9 Å². The molecule has 136 valence electrons. The summed E-state index contributed by atoms with van der Waals surface area (Å²) in [7, 11) is 1.61. The molecule has 6 heteroatoms. The normalized spacial score (nSPS) is 17.2. The summed E-state index contributed by atoms with van der Waals surface area (Å²) in [6.07, 6.45) is 2.46. The molecule has 25 heavy (non-hydrogen) atoms. The highest BCUT2D eigenvalue weighted by Gasteiger charge is 2.28. The number of carbonyl (C=O) groups is 3. The van der Waals surface area contributed by atoms with Crippen molar-refractivity contribution in [1.82, 2.24) is 9.80 Å². The standard InChI is InChI=1S/C19H26N2O4/c1-3-14-6-4-7-15(10-14)11-17(22)20(2)13-18(23)21-9-5-8-16(12-21)19(24)25/h4,6-7,10,16H,3,5,8-9,11-13H2,1-2H3,(H,24,25). The third-order valence-electron chi connectivity index (χ3n) is 4.68. The molecule has 1 aliphatic rings. The Labute approximate surface area is 148 Å². The van der Waals surface area contributed by atoms with Gasteiger partial charge in [-0.1, -0.05) is 31.2 Å². The number of benzene rings is 1. The van der Waals surface area contributed by atoms with Crippen LogP contribution in [0.1, 0.15) is 30.9 Å².